The molecular formula is C14H18N4O5. The molecule has 0 bridgehead atoms. The summed E-state index contributed by atoms with van der Waals surface area (Å²) in [5, 5.41) is 19.9. The van der Waals surface area contributed by atoms with E-state index in [-0.39, 0.29) is 18.0 Å². The Hall–Kier alpha value is -2.42. The predicted octanol–water partition coefficient (Wildman–Crippen LogP) is 1.34. The number of pyridine rings is 1. The lowest BCUT2D eigenvalue weighted by molar-refractivity contribution is -0.389. The minimum atomic E-state index is -0.912. The van der Waals surface area contributed by atoms with Gasteiger partial charge in [-0.1, -0.05) is 0 Å². The number of hydrogen-bond acceptors (Lipinski definition) is 6. The molecule has 1 saturated heterocycles. The Kier molecular flexibility index (Phi) is 4.28. The van der Waals surface area contributed by atoms with Crippen LogP contribution in [0.25, 0.3) is 0 Å². The molecule has 0 radical (unpaired) electrons. The third-order valence-corrected chi connectivity index (χ3v) is 4.06. The minimum absolute atomic E-state index is 0.118. The summed E-state index contributed by atoms with van der Waals surface area (Å²) in [5.74, 6) is -0.190. The van der Waals surface area contributed by atoms with Gasteiger partial charge in [-0.3, -0.25) is 0 Å². The Balaban J connectivity index is 1.63. The fraction of sp³-hybridized carbons (Fsp3) is 0.571. The monoisotopic (exact) mass is 322 g/mol. The average molecular weight is 322 g/mol. The molecule has 1 aromatic rings. The van der Waals surface area contributed by atoms with Gasteiger partial charge in [0.15, 0.2) is 6.20 Å². The van der Waals surface area contributed by atoms with Crippen molar-refractivity contribution in [2.75, 3.05) is 31.1 Å². The highest BCUT2D eigenvalue weighted by atomic mass is 16.6. The van der Waals surface area contributed by atoms with Crippen molar-refractivity contribution < 1.29 is 19.6 Å². The highest BCUT2D eigenvalue weighted by Gasteiger charge is 2.35. The van der Waals surface area contributed by atoms with Crippen molar-refractivity contribution >= 4 is 17.6 Å². The van der Waals surface area contributed by atoms with E-state index in [1.54, 1.807) is 6.07 Å². The molecule has 1 saturated carbocycles. The molecule has 1 aromatic heterocycles. The van der Waals surface area contributed by atoms with Gasteiger partial charge in [0.2, 0.25) is 0 Å². The van der Waals surface area contributed by atoms with E-state index in [1.165, 1.54) is 17.2 Å². The van der Waals surface area contributed by atoms with E-state index < -0.39 is 11.0 Å². The maximum atomic E-state index is 11.3. The van der Waals surface area contributed by atoms with Crippen molar-refractivity contribution in [3.05, 3.63) is 28.4 Å². The normalized spacial score (nSPS) is 21.0. The van der Waals surface area contributed by atoms with Crippen molar-refractivity contribution in [1.82, 2.24) is 9.88 Å². The second-order valence-corrected chi connectivity index (χ2v) is 5.74. The molecule has 124 valence electrons. The number of rotatable bonds is 5. The molecule has 9 heteroatoms. The summed E-state index contributed by atoms with van der Waals surface area (Å²) in [6.07, 6.45) is 2.17. The van der Waals surface area contributed by atoms with Crippen molar-refractivity contribution in [3.8, 4) is 0 Å². The second-order valence-electron chi connectivity index (χ2n) is 5.74. The SMILES string of the molecule is O=C(O)N(CC1CN(c2ccc([N+](=O)[O-])nc2)CCO1)C1CC1. The molecule has 1 unspecified atom stereocenters. The van der Waals surface area contributed by atoms with E-state index in [0.717, 1.165) is 18.5 Å². The topological polar surface area (TPSA) is 109 Å². The number of amides is 1. The highest BCUT2D eigenvalue weighted by molar-refractivity contribution is 5.66. The third kappa shape index (κ3) is 3.67. The van der Waals surface area contributed by atoms with Crippen LogP contribution in [0.2, 0.25) is 0 Å². The molecule has 0 aromatic carbocycles. The molecule has 1 aliphatic heterocycles. The van der Waals surface area contributed by atoms with Crippen LogP contribution < -0.4 is 4.90 Å². The Bertz CT molecular complexity index is 589. The zero-order valence-electron chi connectivity index (χ0n) is 12.5. The summed E-state index contributed by atoms with van der Waals surface area (Å²) in [5.41, 5.74) is 0.775. The van der Waals surface area contributed by atoms with Crippen molar-refractivity contribution in [2.24, 2.45) is 0 Å². The highest BCUT2D eigenvalue weighted by Crippen LogP contribution is 2.28. The molecule has 1 aliphatic carbocycles. The first-order chi connectivity index (χ1) is 11.0. The van der Waals surface area contributed by atoms with E-state index in [0.29, 0.717) is 26.2 Å². The fourth-order valence-electron chi connectivity index (χ4n) is 2.73. The van der Waals surface area contributed by atoms with E-state index in [2.05, 4.69) is 4.98 Å². The number of anilines is 1. The van der Waals surface area contributed by atoms with Gasteiger partial charge in [0.1, 0.15) is 0 Å². The molecule has 1 N–H and O–H groups in total. The zero-order valence-corrected chi connectivity index (χ0v) is 12.5. The molecule has 0 spiro atoms. The van der Waals surface area contributed by atoms with Gasteiger partial charge < -0.3 is 29.8 Å². The number of morpholine rings is 1. The lowest BCUT2D eigenvalue weighted by Gasteiger charge is -2.35. The van der Waals surface area contributed by atoms with E-state index in [4.69, 9.17) is 4.74 Å². The molecular weight excluding hydrogens is 304 g/mol. The first kappa shape index (κ1) is 15.5. The molecule has 9 nitrogen and oxygen atoms in total. The van der Waals surface area contributed by atoms with Crippen molar-refractivity contribution in [1.29, 1.82) is 0 Å². The van der Waals surface area contributed by atoms with Crippen LogP contribution in [0.1, 0.15) is 12.8 Å². The number of carboxylic acid groups (broad SMARTS) is 1. The summed E-state index contributed by atoms with van der Waals surface area (Å²) < 4.78 is 5.67. The molecule has 3 rings (SSSR count). The molecule has 2 aliphatic rings. The summed E-state index contributed by atoms with van der Waals surface area (Å²) in [6.45, 7) is 2.01. The van der Waals surface area contributed by atoms with Gasteiger partial charge in [0, 0.05) is 25.2 Å². The second kappa shape index (κ2) is 6.37. The average Bonchev–Trinajstić information content (AvgIpc) is 3.37. The molecule has 2 heterocycles. The van der Waals surface area contributed by atoms with Crippen LogP contribution in [-0.2, 0) is 4.74 Å². The lowest BCUT2D eigenvalue weighted by Crippen LogP contribution is -2.49. The van der Waals surface area contributed by atoms with E-state index in [1.807, 2.05) is 4.90 Å². The number of carbonyl (C=O) groups is 1. The molecule has 1 amide bonds. The smallest absolute Gasteiger partial charge is 0.407 e. The lowest BCUT2D eigenvalue weighted by atomic mass is 10.2. The Morgan fingerprint density at radius 2 is 2.30 bits per heavy atom. The number of aromatic nitrogens is 1. The Morgan fingerprint density at radius 3 is 2.87 bits per heavy atom. The van der Waals surface area contributed by atoms with Crippen molar-refractivity contribution in [3.63, 3.8) is 0 Å². The summed E-state index contributed by atoms with van der Waals surface area (Å²) in [4.78, 5) is 28.7. The van der Waals surface area contributed by atoms with Crippen LogP contribution in [0, 0.1) is 10.1 Å². The largest absolute Gasteiger partial charge is 0.465 e. The number of hydrogen-bond donors (Lipinski definition) is 1. The maximum absolute atomic E-state index is 11.3. The van der Waals surface area contributed by atoms with Crippen LogP contribution in [0.3, 0.4) is 0 Å². The Labute approximate surface area is 132 Å². The molecule has 23 heavy (non-hydrogen) atoms. The standard InChI is InChI=1S/C14H18N4O5/c19-14(20)17(10-1-2-10)9-12-8-16(5-6-23-12)11-3-4-13(15-7-11)18(21)22/h3-4,7,10,12H,1-2,5-6,8-9H2,(H,19,20). The van der Waals surface area contributed by atoms with Crippen LogP contribution in [-0.4, -0.2) is 64.4 Å². The van der Waals surface area contributed by atoms with Gasteiger partial charge in [-0.25, -0.2) is 4.79 Å². The van der Waals surface area contributed by atoms with Gasteiger partial charge >= 0.3 is 11.9 Å². The van der Waals surface area contributed by atoms with Crippen LogP contribution in [0.5, 0.6) is 0 Å². The van der Waals surface area contributed by atoms with Gasteiger partial charge in [0.25, 0.3) is 0 Å². The van der Waals surface area contributed by atoms with E-state index >= 15 is 0 Å². The maximum Gasteiger partial charge on any atom is 0.407 e. The fourth-order valence-corrected chi connectivity index (χ4v) is 2.73. The van der Waals surface area contributed by atoms with Crippen LogP contribution in [0.15, 0.2) is 18.3 Å². The third-order valence-electron chi connectivity index (χ3n) is 4.06. The van der Waals surface area contributed by atoms with Gasteiger partial charge in [0.05, 0.1) is 24.9 Å². The quantitative estimate of drug-likeness (QED) is 0.643. The Morgan fingerprint density at radius 1 is 1.52 bits per heavy atom. The predicted molar refractivity (Wildman–Crippen MR) is 80.6 cm³/mol. The zero-order chi connectivity index (χ0) is 16.4. The van der Waals surface area contributed by atoms with Crippen LogP contribution >= 0.6 is 0 Å². The summed E-state index contributed by atoms with van der Waals surface area (Å²) in [7, 11) is 0. The summed E-state index contributed by atoms with van der Waals surface area (Å²) >= 11 is 0. The van der Waals surface area contributed by atoms with Crippen molar-refractivity contribution in [2.45, 2.75) is 25.0 Å². The van der Waals surface area contributed by atoms with Crippen LogP contribution in [0.4, 0.5) is 16.3 Å². The van der Waals surface area contributed by atoms with Gasteiger partial charge in [-0.05, 0) is 28.8 Å². The molecule has 1 atom stereocenters. The first-order valence-corrected chi connectivity index (χ1v) is 7.51. The van der Waals surface area contributed by atoms with E-state index in [9.17, 15) is 20.0 Å². The van der Waals surface area contributed by atoms with Gasteiger partial charge in [-0.2, -0.15) is 0 Å². The van der Waals surface area contributed by atoms with Gasteiger partial charge in [-0.15, -0.1) is 0 Å². The number of ether oxygens (including phenoxy) is 1. The molecule has 2 fully saturated rings. The summed E-state index contributed by atoms with van der Waals surface area (Å²) in [6, 6.07) is 3.14. The first-order valence-electron chi connectivity index (χ1n) is 7.51. The minimum Gasteiger partial charge on any atom is -0.465 e. The number of nitro groups is 1. The number of nitrogens with zero attached hydrogens (tertiary/aromatic N) is 4.